The molecule has 0 aromatic heterocycles. The molecule has 0 atom stereocenters. The molecule has 126 valence electrons. The average Bonchev–Trinajstić information content (AvgIpc) is 2.59. The molecule has 0 unspecified atom stereocenters. The zero-order chi connectivity index (χ0) is 17.5. The minimum atomic E-state index is -0.444. The van der Waals surface area contributed by atoms with Crippen molar-refractivity contribution >= 4 is 34.8 Å². The first kappa shape index (κ1) is 18.0. The van der Waals surface area contributed by atoms with E-state index in [0.29, 0.717) is 17.3 Å². The fourth-order valence-electron chi connectivity index (χ4n) is 1.87. The van der Waals surface area contributed by atoms with Gasteiger partial charge in [0.2, 0.25) is 0 Å². The van der Waals surface area contributed by atoms with Crippen molar-refractivity contribution in [1.82, 2.24) is 16.2 Å². The Bertz CT molecular complexity index is 741. The number of carbonyl (C=O) groups excluding carboxylic acids is 1. The van der Waals surface area contributed by atoms with Crippen molar-refractivity contribution in [3.63, 3.8) is 0 Å². The van der Waals surface area contributed by atoms with Crippen molar-refractivity contribution in [1.29, 1.82) is 0 Å². The summed E-state index contributed by atoms with van der Waals surface area (Å²) in [6, 6.07) is 10.7. The number of ether oxygens (including phenoxy) is 1. The second kappa shape index (κ2) is 8.47. The third-order valence-corrected chi connectivity index (χ3v) is 3.54. The van der Waals surface area contributed by atoms with E-state index in [1.165, 1.54) is 25.3 Å². The fourth-order valence-corrected chi connectivity index (χ4v) is 2.16. The first-order chi connectivity index (χ1) is 11.5. The van der Waals surface area contributed by atoms with Gasteiger partial charge in [0, 0.05) is 11.6 Å². The van der Waals surface area contributed by atoms with Crippen molar-refractivity contribution < 1.29 is 13.9 Å². The van der Waals surface area contributed by atoms with Crippen LogP contribution in [0.5, 0.6) is 5.75 Å². The Morgan fingerprint density at radius 2 is 1.92 bits per heavy atom. The van der Waals surface area contributed by atoms with Gasteiger partial charge in [-0.2, -0.15) is 0 Å². The first-order valence-corrected chi connectivity index (χ1v) is 7.70. The van der Waals surface area contributed by atoms with E-state index < -0.39 is 5.91 Å². The summed E-state index contributed by atoms with van der Waals surface area (Å²) in [5.41, 5.74) is 6.16. The van der Waals surface area contributed by atoms with Gasteiger partial charge >= 0.3 is 0 Å². The highest BCUT2D eigenvalue weighted by atomic mass is 35.5. The highest BCUT2D eigenvalue weighted by Crippen LogP contribution is 2.22. The average molecular weight is 368 g/mol. The normalized spacial score (nSPS) is 9.96. The summed E-state index contributed by atoms with van der Waals surface area (Å²) in [5.74, 6) is -0.355. The van der Waals surface area contributed by atoms with Gasteiger partial charge in [0.15, 0.2) is 5.11 Å². The Morgan fingerprint density at radius 3 is 2.58 bits per heavy atom. The molecule has 0 saturated carbocycles. The Kier molecular flexibility index (Phi) is 6.34. The Balaban J connectivity index is 1.86. The van der Waals surface area contributed by atoms with Crippen LogP contribution >= 0.6 is 23.8 Å². The van der Waals surface area contributed by atoms with Crippen LogP contribution in [0.2, 0.25) is 5.02 Å². The van der Waals surface area contributed by atoms with Crippen molar-refractivity contribution in [2.75, 3.05) is 7.11 Å². The second-order valence-electron chi connectivity index (χ2n) is 4.73. The van der Waals surface area contributed by atoms with Crippen LogP contribution in [0.15, 0.2) is 42.5 Å². The van der Waals surface area contributed by atoms with E-state index in [1.807, 2.05) is 0 Å². The predicted molar refractivity (Wildman–Crippen MR) is 94.4 cm³/mol. The molecular weight excluding hydrogens is 353 g/mol. The summed E-state index contributed by atoms with van der Waals surface area (Å²) < 4.78 is 17.9. The molecule has 1 amide bonds. The summed E-state index contributed by atoms with van der Waals surface area (Å²) in [6.07, 6.45) is 0. The van der Waals surface area contributed by atoms with Gasteiger partial charge in [-0.1, -0.05) is 23.7 Å². The molecule has 2 rings (SSSR count). The minimum Gasteiger partial charge on any atom is -0.496 e. The van der Waals surface area contributed by atoms with Crippen molar-refractivity contribution in [2.24, 2.45) is 0 Å². The van der Waals surface area contributed by atoms with Gasteiger partial charge in [-0.25, -0.2) is 4.39 Å². The summed E-state index contributed by atoms with van der Waals surface area (Å²) in [7, 11) is 1.46. The Morgan fingerprint density at radius 1 is 1.21 bits per heavy atom. The van der Waals surface area contributed by atoms with Crippen molar-refractivity contribution in [3.05, 3.63) is 64.4 Å². The molecule has 0 aliphatic rings. The summed E-state index contributed by atoms with van der Waals surface area (Å²) in [6.45, 7) is 0.391. The monoisotopic (exact) mass is 367 g/mol. The van der Waals surface area contributed by atoms with E-state index in [-0.39, 0.29) is 16.5 Å². The van der Waals surface area contributed by atoms with Gasteiger partial charge in [0.25, 0.3) is 5.91 Å². The number of carbonyl (C=O) groups is 1. The lowest BCUT2D eigenvalue weighted by Crippen LogP contribution is -2.46. The van der Waals surface area contributed by atoms with Gasteiger partial charge in [0.1, 0.15) is 11.6 Å². The maximum Gasteiger partial charge on any atom is 0.273 e. The molecule has 0 spiro atoms. The largest absolute Gasteiger partial charge is 0.496 e. The molecule has 5 nitrogen and oxygen atoms in total. The van der Waals surface area contributed by atoms with Gasteiger partial charge in [-0.05, 0) is 48.1 Å². The lowest BCUT2D eigenvalue weighted by atomic mass is 10.2. The Labute approximate surface area is 149 Å². The number of halogens is 2. The number of amides is 1. The fraction of sp³-hybridized carbons (Fsp3) is 0.125. The molecule has 0 aliphatic heterocycles. The van der Waals surface area contributed by atoms with E-state index in [0.717, 1.165) is 5.56 Å². The first-order valence-electron chi connectivity index (χ1n) is 6.92. The maximum atomic E-state index is 12.8. The van der Waals surface area contributed by atoms with Gasteiger partial charge in [-0.15, -0.1) is 0 Å². The molecule has 0 bridgehead atoms. The third-order valence-electron chi connectivity index (χ3n) is 3.06. The molecule has 3 N–H and O–H groups in total. The van der Waals surface area contributed by atoms with Crippen LogP contribution in [0.4, 0.5) is 4.39 Å². The second-order valence-corrected chi connectivity index (χ2v) is 5.58. The molecular formula is C16H15ClFN3O2S. The van der Waals surface area contributed by atoms with Crippen LogP contribution in [0.25, 0.3) is 0 Å². The predicted octanol–water partition coefficient (Wildman–Crippen LogP) is 2.80. The smallest absolute Gasteiger partial charge is 0.273 e. The van der Waals surface area contributed by atoms with Crippen molar-refractivity contribution in [2.45, 2.75) is 6.54 Å². The van der Waals surface area contributed by atoms with Crippen LogP contribution in [0, 0.1) is 5.82 Å². The summed E-state index contributed by atoms with van der Waals surface area (Å²) in [5, 5.41) is 3.52. The van der Waals surface area contributed by atoms with E-state index in [4.69, 9.17) is 28.6 Å². The van der Waals surface area contributed by atoms with Gasteiger partial charge < -0.3 is 10.1 Å². The minimum absolute atomic E-state index is 0.216. The van der Waals surface area contributed by atoms with E-state index in [2.05, 4.69) is 16.2 Å². The number of nitrogens with one attached hydrogen (secondary N) is 3. The number of hydrogen-bond donors (Lipinski definition) is 3. The summed E-state index contributed by atoms with van der Waals surface area (Å²) >= 11 is 11.0. The molecule has 0 aliphatic carbocycles. The lowest BCUT2D eigenvalue weighted by molar-refractivity contribution is 0.0940. The highest BCUT2D eigenvalue weighted by molar-refractivity contribution is 7.80. The molecule has 2 aromatic rings. The topological polar surface area (TPSA) is 62.4 Å². The van der Waals surface area contributed by atoms with Crippen LogP contribution in [0.1, 0.15) is 15.9 Å². The lowest BCUT2D eigenvalue weighted by Gasteiger charge is -2.13. The maximum absolute atomic E-state index is 12.8. The number of hydrazine groups is 1. The standard InChI is InChI=1S/C16H15ClFN3O2S/c1-23-14-7-4-11(17)8-13(14)15(22)20-21-16(24)19-9-10-2-5-12(18)6-3-10/h2-8H,9H2,1H3,(H,20,22)(H2,19,21,24). The molecule has 24 heavy (non-hydrogen) atoms. The van der Waals surface area contributed by atoms with E-state index in [9.17, 15) is 9.18 Å². The van der Waals surface area contributed by atoms with Crippen LogP contribution in [-0.4, -0.2) is 18.1 Å². The zero-order valence-corrected chi connectivity index (χ0v) is 14.3. The number of benzene rings is 2. The van der Waals surface area contributed by atoms with Crippen molar-refractivity contribution in [3.8, 4) is 5.75 Å². The van der Waals surface area contributed by atoms with Gasteiger partial charge in [0.05, 0.1) is 12.7 Å². The molecule has 0 heterocycles. The van der Waals surface area contributed by atoms with E-state index in [1.54, 1.807) is 24.3 Å². The molecule has 8 heteroatoms. The van der Waals surface area contributed by atoms with E-state index >= 15 is 0 Å². The summed E-state index contributed by atoms with van der Waals surface area (Å²) in [4.78, 5) is 12.2. The van der Waals surface area contributed by atoms with Crippen LogP contribution in [0.3, 0.4) is 0 Å². The quantitative estimate of drug-likeness (QED) is 0.573. The zero-order valence-electron chi connectivity index (χ0n) is 12.7. The number of methoxy groups -OCH3 is 1. The number of rotatable bonds is 4. The van der Waals surface area contributed by atoms with Gasteiger partial charge in [-0.3, -0.25) is 15.6 Å². The number of thiocarbonyl (C=S) groups is 1. The molecule has 0 radical (unpaired) electrons. The molecule has 0 saturated heterocycles. The SMILES string of the molecule is COc1ccc(Cl)cc1C(=O)NNC(=S)NCc1ccc(F)cc1. The Hall–Kier alpha value is -2.38. The molecule has 0 fully saturated rings. The van der Waals surface area contributed by atoms with Crippen LogP contribution < -0.4 is 20.9 Å². The van der Waals surface area contributed by atoms with Crippen LogP contribution in [-0.2, 0) is 6.54 Å². The highest BCUT2D eigenvalue weighted by Gasteiger charge is 2.13. The number of hydrogen-bond acceptors (Lipinski definition) is 3. The molecule has 2 aromatic carbocycles. The third kappa shape index (κ3) is 5.07.